The number of rotatable bonds is 5. The number of carbonyl (C=O) groups excluding carboxylic acids is 1. The van der Waals surface area contributed by atoms with Crippen molar-refractivity contribution in [2.45, 2.75) is 46.8 Å². The largest absolute Gasteiger partial charge is 0.392 e. The second-order valence-corrected chi connectivity index (χ2v) is 6.02. The molecule has 0 saturated carbocycles. The Labute approximate surface area is 132 Å². The zero-order chi connectivity index (χ0) is 16.3. The molecule has 0 spiro atoms. The topological polar surface area (TPSA) is 61.6 Å². The van der Waals surface area contributed by atoms with E-state index in [4.69, 9.17) is 0 Å². The maximum Gasteiger partial charge on any atom is 0.257 e. The van der Waals surface area contributed by atoms with E-state index in [-0.39, 0.29) is 12.0 Å². The minimum atomic E-state index is -0.269. The average molecular weight is 308 g/mol. The highest BCUT2D eigenvalue weighted by Crippen LogP contribution is 2.17. The van der Waals surface area contributed by atoms with E-state index in [1.807, 2.05) is 37.3 Å². The van der Waals surface area contributed by atoms with Crippen LogP contribution in [0, 0.1) is 13.8 Å². The van der Waals surface area contributed by atoms with Crippen LogP contribution >= 0.6 is 0 Å². The maximum absolute atomic E-state index is 12.8. The van der Waals surface area contributed by atoms with Gasteiger partial charge in [0.1, 0.15) is 0 Å². The molecule has 1 aromatic heterocycles. The van der Waals surface area contributed by atoms with Gasteiger partial charge in [-0.2, -0.15) is 5.10 Å². The molecule has 0 aromatic carbocycles. The Morgan fingerprint density at radius 3 is 2.36 bits per heavy atom. The molecule has 124 valence electrons. The fourth-order valence-electron chi connectivity index (χ4n) is 3.03. The minimum Gasteiger partial charge on any atom is -0.392 e. The first-order valence-electron chi connectivity index (χ1n) is 8.21. The fourth-order valence-corrected chi connectivity index (χ4v) is 3.03. The summed E-state index contributed by atoms with van der Waals surface area (Å²) in [6, 6.07) is 0. The molecule has 1 aliphatic rings. The highest BCUT2D eigenvalue weighted by molar-refractivity contribution is 5.96. The summed E-state index contributed by atoms with van der Waals surface area (Å²) in [5, 5.41) is 14.2. The summed E-state index contributed by atoms with van der Waals surface area (Å²) < 4.78 is 1.89. The van der Waals surface area contributed by atoms with Gasteiger partial charge in [-0.3, -0.25) is 14.4 Å². The van der Waals surface area contributed by atoms with Crippen LogP contribution in [0.25, 0.3) is 0 Å². The molecule has 0 aliphatic carbocycles. The number of hydrogen-bond acceptors (Lipinski definition) is 4. The monoisotopic (exact) mass is 308 g/mol. The summed E-state index contributed by atoms with van der Waals surface area (Å²) in [4.78, 5) is 16.9. The molecule has 2 heterocycles. The summed E-state index contributed by atoms with van der Waals surface area (Å²) in [6.45, 7) is 12.4. The number of carbonyl (C=O) groups is 1. The summed E-state index contributed by atoms with van der Waals surface area (Å²) >= 11 is 0. The van der Waals surface area contributed by atoms with Gasteiger partial charge >= 0.3 is 0 Å². The molecule has 1 atom stereocenters. The zero-order valence-corrected chi connectivity index (χ0v) is 14.2. The number of aromatic nitrogens is 2. The van der Waals surface area contributed by atoms with Gasteiger partial charge in [0.05, 0.1) is 17.4 Å². The van der Waals surface area contributed by atoms with Crippen molar-refractivity contribution >= 4 is 5.91 Å². The lowest BCUT2D eigenvalue weighted by Crippen LogP contribution is -2.50. The Morgan fingerprint density at radius 2 is 1.86 bits per heavy atom. The van der Waals surface area contributed by atoms with E-state index >= 15 is 0 Å². The molecule has 22 heavy (non-hydrogen) atoms. The summed E-state index contributed by atoms with van der Waals surface area (Å²) in [6.07, 6.45) is 0.503. The number of aliphatic hydroxyl groups excluding tert-OH is 1. The molecule has 1 aliphatic heterocycles. The third-order valence-corrected chi connectivity index (χ3v) is 4.49. The number of amides is 1. The van der Waals surface area contributed by atoms with Crippen LogP contribution in [-0.4, -0.2) is 69.4 Å². The third-order valence-electron chi connectivity index (χ3n) is 4.49. The Bertz CT molecular complexity index is 518. The number of aryl methyl sites for hydroxylation is 2. The molecule has 1 N–H and O–H groups in total. The van der Waals surface area contributed by atoms with Crippen LogP contribution in [0.5, 0.6) is 0 Å². The lowest BCUT2D eigenvalue weighted by molar-refractivity contribution is 0.0522. The quantitative estimate of drug-likeness (QED) is 0.883. The molecule has 1 fully saturated rings. The summed E-state index contributed by atoms with van der Waals surface area (Å²) in [5.41, 5.74) is 2.52. The van der Waals surface area contributed by atoms with Crippen molar-refractivity contribution in [2.75, 3.05) is 32.7 Å². The SMILES string of the molecule is CC[C@H](O)CN1CCN(C(=O)c2c(C)nn(CC)c2C)CC1. The number of piperazine rings is 1. The van der Waals surface area contributed by atoms with E-state index in [2.05, 4.69) is 10.00 Å². The molecule has 6 nitrogen and oxygen atoms in total. The van der Waals surface area contributed by atoms with Crippen molar-refractivity contribution in [3.05, 3.63) is 17.0 Å². The first-order chi connectivity index (χ1) is 10.5. The van der Waals surface area contributed by atoms with Crippen molar-refractivity contribution in [3.63, 3.8) is 0 Å². The lowest BCUT2D eigenvalue weighted by Gasteiger charge is -2.35. The van der Waals surface area contributed by atoms with E-state index in [1.54, 1.807) is 0 Å². The van der Waals surface area contributed by atoms with Crippen molar-refractivity contribution in [1.82, 2.24) is 19.6 Å². The van der Waals surface area contributed by atoms with Gasteiger partial charge in [-0.1, -0.05) is 6.92 Å². The van der Waals surface area contributed by atoms with Crippen molar-refractivity contribution < 1.29 is 9.90 Å². The van der Waals surface area contributed by atoms with Crippen LogP contribution in [0.4, 0.5) is 0 Å². The predicted octanol–water partition coefficient (Wildman–Crippen LogP) is 1.05. The van der Waals surface area contributed by atoms with Crippen molar-refractivity contribution in [2.24, 2.45) is 0 Å². The fraction of sp³-hybridized carbons (Fsp3) is 0.750. The van der Waals surface area contributed by atoms with Gasteiger partial charge in [0.15, 0.2) is 0 Å². The molecule has 1 amide bonds. The molecule has 0 unspecified atom stereocenters. The van der Waals surface area contributed by atoms with Crippen molar-refractivity contribution in [1.29, 1.82) is 0 Å². The molecular weight excluding hydrogens is 280 g/mol. The third kappa shape index (κ3) is 3.50. The molecule has 2 rings (SSSR count). The first-order valence-corrected chi connectivity index (χ1v) is 8.21. The Balaban J connectivity index is 2.00. The lowest BCUT2D eigenvalue weighted by atomic mass is 10.1. The van der Waals surface area contributed by atoms with Gasteiger partial charge in [-0.05, 0) is 27.2 Å². The maximum atomic E-state index is 12.8. The van der Waals surface area contributed by atoms with E-state index < -0.39 is 0 Å². The second kappa shape index (κ2) is 7.24. The van der Waals surface area contributed by atoms with Gasteiger partial charge in [-0.25, -0.2) is 0 Å². The molecule has 6 heteroatoms. The van der Waals surface area contributed by atoms with Crippen LogP contribution in [0.2, 0.25) is 0 Å². The van der Waals surface area contributed by atoms with Crippen LogP contribution in [0.3, 0.4) is 0 Å². The smallest absolute Gasteiger partial charge is 0.257 e. The van der Waals surface area contributed by atoms with Gasteiger partial charge in [0.2, 0.25) is 0 Å². The van der Waals surface area contributed by atoms with E-state index in [0.29, 0.717) is 19.6 Å². The summed E-state index contributed by atoms with van der Waals surface area (Å²) in [7, 11) is 0. The molecule has 1 saturated heterocycles. The van der Waals surface area contributed by atoms with E-state index in [0.717, 1.165) is 43.0 Å². The molecule has 0 bridgehead atoms. The Morgan fingerprint density at radius 1 is 1.23 bits per heavy atom. The minimum absolute atomic E-state index is 0.0883. The van der Waals surface area contributed by atoms with Crippen molar-refractivity contribution in [3.8, 4) is 0 Å². The predicted molar refractivity (Wildman–Crippen MR) is 86.0 cm³/mol. The number of nitrogens with zero attached hydrogens (tertiary/aromatic N) is 4. The molecular formula is C16H28N4O2. The summed E-state index contributed by atoms with van der Waals surface area (Å²) in [5.74, 6) is 0.0883. The van der Waals surface area contributed by atoms with Gasteiger partial charge in [0.25, 0.3) is 5.91 Å². The zero-order valence-electron chi connectivity index (χ0n) is 14.2. The molecule has 1 aromatic rings. The van der Waals surface area contributed by atoms with Crippen LogP contribution in [0.15, 0.2) is 0 Å². The Hall–Kier alpha value is -1.40. The number of hydrogen-bond donors (Lipinski definition) is 1. The standard InChI is InChI=1S/C16H28N4O2/c1-5-14(21)11-18-7-9-19(10-8-18)16(22)15-12(3)17-20(6-2)13(15)4/h14,21H,5-11H2,1-4H3/t14-/m0/s1. The van der Waals surface area contributed by atoms with Crippen LogP contribution in [-0.2, 0) is 6.54 Å². The van der Waals surface area contributed by atoms with E-state index in [9.17, 15) is 9.90 Å². The number of aliphatic hydroxyl groups is 1. The molecule has 0 radical (unpaired) electrons. The van der Waals surface area contributed by atoms with Crippen LogP contribution < -0.4 is 0 Å². The number of β-amino-alcohol motifs (C(OH)–C–C–N with tert-alkyl or cyclic N) is 1. The normalized spacial score (nSPS) is 17.8. The van der Waals surface area contributed by atoms with E-state index in [1.165, 1.54) is 0 Å². The van der Waals surface area contributed by atoms with Crippen LogP contribution in [0.1, 0.15) is 42.0 Å². The van der Waals surface area contributed by atoms with Gasteiger partial charge in [0, 0.05) is 45.0 Å². The first kappa shape index (κ1) is 17.0. The van der Waals surface area contributed by atoms with Gasteiger partial charge in [-0.15, -0.1) is 0 Å². The average Bonchev–Trinajstić information content (AvgIpc) is 2.81. The second-order valence-electron chi connectivity index (χ2n) is 6.02. The highest BCUT2D eigenvalue weighted by Gasteiger charge is 2.27. The van der Waals surface area contributed by atoms with Gasteiger partial charge < -0.3 is 10.0 Å². The Kier molecular flexibility index (Phi) is 5.58. The highest BCUT2D eigenvalue weighted by atomic mass is 16.3.